The lowest BCUT2D eigenvalue weighted by atomic mass is 9.83. The molecule has 112 valence electrons. The van der Waals surface area contributed by atoms with Crippen LogP contribution in [-0.2, 0) is 6.54 Å². The summed E-state index contributed by atoms with van der Waals surface area (Å²) >= 11 is 0. The zero-order chi connectivity index (χ0) is 14.5. The highest BCUT2D eigenvalue weighted by Gasteiger charge is 2.28. The van der Waals surface area contributed by atoms with Crippen LogP contribution in [0, 0.1) is 5.92 Å². The van der Waals surface area contributed by atoms with Gasteiger partial charge in [0.05, 0.1) is 6.54 Å². The van der Waals surface area contributed by atoms with Crippen LogP contribution in [-0.4, -0.2) is 29.1 Å². The van der Waals surface area contributed by atoms with Crippen molar-refractivity contribution in [2.45, 2.75) is 45.2 Å². The second-order valence-electron chi connectivity index (χ2n) is 5.51. The predicted octanol–water partition coefficient (Wildman–Crippen LogP) is 1.68. The van der Waals surface area contributed by atoms with Crippen molar-refractivity contribution in [3.63, 3.8) is 0 Å². The predicted molar refractivity (Wildman–Crippen MR) is 77.5 cm³/mol. The molecule has 0 aliphatic heterocycles. The van der Waals surface area contributed by atoms with Crippen molar-refractivity contribution in [2.75, 3.05) is 13.1 Å². The van der Waals surface area contributed by atoms with Gasteiger partial charge < -0.3 is 15.3 Å². The van der Waals surface area contributed by atoms with Gasteiger partial charge in [0, 0.05) is 12.1 Å². The lowest BCUT2D eigenvalue weighted by Gasteiger charge is -2.38. The topological polar surface area (TPSA) is 79.7 Å². The lowest BCUT2D eigenvalue weighted by molar-refractivity contribution is 0.0976. The zero-order valence-electron chi connectivity index (χ0n) is 12.0. The van der Waals surface area contributed by atoms with Gasteiger partial charge in [-0.05, 0) is 31.8 Å². The van der Waals surface area contributed by atoms with Crippen LogP contribution in [0.15, 0.2) is 21.5 Å². The standard InChI is InChI=1S/C15H24N2O3/c1-2-17(13-6-4-3-5-11(13)8-16)9-12-7-14(18)15(19)10-20-12/h7,10-11,13,19H,2-6,8-9,16H2,1H3. The SMILES string of the molecule is CCN(Cc1cc(=O)c(O)co1)C1CCCCC1CN. The highest BCUT2D eigenvalue weighted by atomic mass is 16.4. The smallest absolute Gasteiger partial charge is 0.226 e. The Hall–Kier alpha value is -1.33. The number of rotatable bonds is 5. The summed E-state index contributed by atoms with van der Waals surface area (Å²) < 4.78 is 5.31. The van der Waals surface area contributed by atoms with Crippen LogP contribution in [0.5, 0.6) is 5.75 Å². The van der Waals surface area contributed by atoms with E-state index in [4.69, 9.17) is 10.2 Å². The third-order valence-electron chi connectivity index (χ3n) is 4.27. The summed E-state index contributed by atoms with van der Waals surface area (Å²) in [5, 5.41) is 9.23. The van der Waals surface area contributed by atoms with Crippen molar-refractivity contribution in [1.82, 2.24) is 4.90 Å². The lowest BCUT2D eigenvalue weighted by Crippen LogP contribution is -2.44. The minimum Gasteiger partial charge on any atom is -0.502 e. The van der Waals surface area contributed by atoms with Gasteiger partial charge in [0.15, 0.2) is 5.75 Å². The van der Waals surface area contributed by atoms with E-state index in [1.165, 1.54) is 25.3 Å². The van der Waals surface area contributed by atoms with Crippen LogP contribution in [0.1, 0.15) is 38.4 Å². The van der Waals surface area contributed by atoms with E-state index >= 15 is 0 Å². The first-order chi connectivity index (χ1) is 9.65. The monoisotopic (exact) mass is 280 g/mol. The Morgan fingerprint density at radius 1 is 1.45 bits per heavy atom. The first-order valence-corrected chi connectivity index (χ1v) is 7.40. The van der Waals surface area contributed by atoms with Gasteiger partial charge in [-0.2, -0.15) is 0 Å². The summed E-state index contributed by atoms with van der Waals surface area (Å²) in [4.78, 5) is 13.8. The van der Waals surface area contributed by atoms with Crippen LogP contribution in [0.3, 0.4) is 0 Å². The summed E-state index contributed by atoms with van der Waals surface area (Å²) in [5.41, 5.74) is 5.50. The Labute approximate surface area is 119 Å². The van der Waals surface area contributed by atoms with E-state index in [0.29, 0.717) is 30.8 Å². The molecule has 1 aliphatic carbocycles. The molecule has 2 rings (SSSR count). The molecule has 1 aromatic heterocycles. The molecule has 1 aliphatic rings. The molecule has 2 unspecified atom stereocenters. The van der Waals surface area contributed by atoms with E-state index in [1.54, 1.807) is 0 Å². The first-order valence-electron chi connectivity index (χ1n) is 7.40. The summed E-state index contributed by atoms with van der Waals surface area (Å²) in [6.45, 7) is 4.31. The summed E-state index contributed by atoms with van der Waals surface area (Å²) in [7, 11) is 0. The van der Waals surface area contributed by atoms with Crippen LogP contribution in [0.4, 0.5) is 0 Å². The zero-order valence-corrected chi connectivity index (χ0v) is 12.0. The van der Waals surface area contributed by atoms with E-state index in [2.05, 4.69) is 11.8 Å². The van der Waals surface area contributed by atoms with Crippen molar-refractivity contribution in [2.24, 2.45) is 11.7 Å². The molecular weight excluding hydrogens is 256 g/mol. The van der Waals surface area contributed by atoms with Crippen LogP contribution < -0.4 is 11.2 Å². The third kappa shape index (κ3) is 3.41. The molecule has 1 fully saturated rings. The molecule has 5 nitrogen and oxygen atoms in total. The molecule has 0 bridgehead atoms. The van der Waals surface area contributed by atoms with Gasteiger partial charge >= 0.3 is 0 Å². The third-order valence-corrected chi connectivity index (χ3v) is 4.27. The molecule has 0 radical (unpaired) electrons. The van der Waals surface area contributed by atoms with Crippen molar-refractivity contribution < 1.29 is 9.52 Å². The van der Waals surface area contributed by atoms with Gasteiger partial charge in [-0.25, -0.2) is 0 Å². The van der Waals surface area contributed by atoms with Gasteiger partial charge in [0.25, 0.3) is 0 Å². The highest BCUT2D eigenvalue weighted by molar-refractivity contribution is 5.15. The van der Waals surface area contributed by atoms with Crippen LogP contribution >= 0.6 is 0 Å². The highest BCUT2D eigenvalue weighted by Crippen LogP contribution is 2.28. The number of hydrogen-bond acceptors (Lipinski definition) is 5. The molecule has 0 aromatic carbocycles. The molecule has 5 heteroatoms. The fourth-order valence-electron chi connectivity index (χ4n) is 3.13. The Bertz CT molecular complexity index is 486. The van der Waals surface area contributed by atoms with Gasteiger partial charge in [-0.1, -0.05) is 19.8 Å². The molecule has 0 amide bonds. The number of aromatic hydroxyl groups is 1. The fraction of sp³-hybridized carbons (Fsp3) is 0.667. The number of nitrogens with two attached hydrogens (primary N) is 1. The van der Waals surface area contributed by atoms with Gasteiger partial charge in [0.1, 0.15) is 12.0 Å². The Balaban J connectivity index is 2.11. The average Bonchev–Trinajstić information content (AvgIpc) is 2.48. The van der Waals surface area contributed by atoms with E-state index in [0.717, 1.165) is 19.2 Å². The maximum Gasteiger partial charge on any atom is 0.226 e. The van der Waals surface area contributed by atoms with Gasteiger partial charge in [0.2, 0.25) is 5.43 Å². The second-order valence-corrected chi connectivity index (χ2v) is 5.51. The second kappa shape index (κ2) is 6.90. The van der Waals surface area contributed by atoms with Crippen molar-refractivity contribution >= 4 is 0 Å². The maximum atomic E-state index is 11.5. The minimum atomic E-state index is -0.388. The van der Waals surface area contributed by atoms with E-state index in [-0.39, 0.29) is 11.2 Å². The van der Waals surface area contributed by atoms with Gasteiger partial charge in [-0.3, -0.25) is 9.69 Å². The van der Waals surface area contributed by atoms with Crippen molar-refractivity contribution in [3.8, 4) is 5.75 Å². The molecule has 20 heavy (non-hydrogen) atoms. The normalized spacial score (nSPS) is 23.1. The quantitative estimate of drug-likeness (QED) is 0.858. The number of hydrogen-bond donors (Lipinski definition) is 2. The Morgan fingerprint density at radius 2 is 2.20 bits per heavy atom. The average molecular weight is 280 g/mol. The fourth-order valence-corrected chi connectivity index (χ4v) is 3.13. The maximum absolute atomic E-state index is 11.5. The Morgan fingerprint density at radius 3 is 2.85 bits per heavy atom. The molecule has 0 spiro atoms. The molecule has 3 N–H and O–H groups in total. The molecule has 1 aromatic rings. The molecular formula is C15H24N2O3. The first kappa shape index (κ1) is 15.1. The van der Waals surface area contributed by atoms with E-state index in [1.807, 2.05) is 0 Å². The number of nitrogens with zero attached hydrogens (tertiary/aromatic N) is 1. The summed E-state index contributed by atoms with van der Waals surface area (Å²) in [6.07, 6.45) is 5.93. The Kier molecular flexibility index (Phi) is 5.20. The summed E-state index contributed by atoms with van der Waals surface area (Å²) in [5.74, 6) is 0.776. The molecule has 2 atom stereocenters. The van der Waals surface area contributed by atoms with E-state index in [9.17, 15) is 9.90 Å². The van der Waals surface area contributed by atoms with E-state index < -0.39 is 0 Å². The largest absolute Gasteiger partial charge is 0.502 e. The molecule has 1 saturated carbocycles. The molecule has 1 heterocycles. The summed E-state index contributed by atoms with van der Waals surface area (Å²) in [6, 6.07) is 1.83. The minimum absolute atomic E-state index is 0.339. The van der Waals surface area contributed by atoms with Crippen LogP contribution in [0.25, 0.3) is 0 Å². The molecule has 0 saturated heterocycles. The van der Waals surface area contributed by atoms with Crippen LogP contribution in [0.2, 0.25) is 0 Å². The van der Waals surface area contributed by atoms with Crippen molar-refractivity contribution in [1.29, 1.82) is 0 Å². The van der Waals surface area contributed by atoms with Crippen molar-refractivity contribution in [3.05, 3.63) is 28.3 Å². The van der Waals surface area contributed by atoms with Gasteiger partial charge in [-0.15, -0.1) is 0 Å².